The number of hydrogen-bond donors (Lipinski definition) is 1. The lowest BCUT2D eigenvalue weighted by Crippen LogP contribution is -2.27. The third-order valence-electron chi connectivity index (χ3n) is 3.30. The van der Waals surface area contributed by atoms with Crippen molar-refractivity contribution in [2.75, 3.05) is 13.7 Å². The van der Waals surface area contributed by atoms with E-state index >= 15 is 0 Å². The van der Waals surface area contributed by atoms with E-state index in [0.717, 1.165) is 25.4 Å². The molecule has 1 aromatic heterocycles. The average molecular weight is 216 g/mol. The smallest absolute Gasteiger partial charge is 0.119 e. The number of ether oxygens (including phenoxy) is 1. The van der Waals surface area contributed by atoms with Crippen LogP contribution in [0.4, 0.5) is 0 Å². The second-order valence-electron chi connectivity index (χ2n) is 4.35. The summed E-state index contributed by atoms with van der Waals surface area (Å²) in [6, 6.07) is 6.49. The van der Waals surface area contributed by atoms with Crippen LogP contribution < -0.4 is 10.1 Å². The Morgan fingerprint density at radius 3 is 3.00 bits per heavy atom. The first-order valence-electron chi connectivity index (χ1n) is 5.67. The van der Waals surface area contributed by atoms with Crippen molar-refractivity contribution in [1.29, 1.82) is 0 Å². The Labute approximate surface area is 95.0 Å². The van der Waals surface area contributed by atoms with E-state index in [1.54, 1.807) is 7.11 Å². The van der Waals surface area contributed by atoms with Crippen molar-refractivity contribution in [3.8, 4) is 5.75 Å². The van der Waals surface area contributed by atoms with E-state index in [9.17, 15) is 0 Å². The van der Waals surface area contributed by atoms with Crippen molar-refractivity contribution in [1.82, 2.24) is 9.88 Å². The summed E-state index contributed by atoms with van der Waals surface area (Å²) < 4.78 is 7.73. The fourth-order valence-corrected chi connectivity index (χ4v) is 2.58. The number of methoxy groups -OCH3 is 1. The molecule has 1 N–H and O–H groups in total. The van der Waals surface area contributed by atoms with Gasteiger partial charge >= 0.3 is 0 Å². The minimum atomic E-state index is 0.945. The molecule has 0 saturated carbocycles. The van der Waals surface area contributed by atoms with Crippen molar-refractivity contribution in [2.24, 2.45) is 0 Å². The van der Waals surface area contributed by atoms with Gasteiger partial charge in [0.25, 0.3) is 0 Å². The van der Waals surface area contributed by atoms with Gasteiger partial charge in [-0.15, -0.1) is 0 Å². The summed E-state index contributed by atoms with van der Waals surface area (Å²) >= 11 is 0. The van der Waals surface area contributed by atoms with Crippen LogP contribution >= 0.6 is 0 Å². The molecule has 0 radical (unpaired) electrons. The molecule has 84 valence electrons. The zero-order valence-corrected chi connectivity index (χ0v) is 9.71. The lowest BCUT2D eigenvalue weighted by Gasteiger charge is -2.18. The molecule has 0 bridgehead atoms. The SMILES string of the molecule is COc1cc(C)c2c(c1)cc1n2CCNC1. The molecule has 0 unspecified atom stereocenters. The van der Waals surface area contributed by atoms with E-state index in [1.165, 1.54) is 22.2 Å². The lowest BCUT2D eigenvalue weighted by molar-refractivity contribution is 0.415. The van der Waals surface area contributed by atoms with Crippen LogP contribution in [0.15, 0.2) is 18.2 Å². The van der Waals surface area contributed by atoms with Gasteiger partial charge in [-0.1, -0.05) is 0 Å². The number of nitrogens with zero attached hydrogens (tertiary/aromatic N) is 1. The molecule has 0 fully saturated rings. The molecule has 0 spiro atoms. The molecular weight excluding hydrogens is 200 g/mol. The Balaban J connectivity index is 2.30. The summed E-state index contributed by atoms with van der Waals surface area (Å²) in [7, 11) is 1.72. The monoisotopic (exact) mass is 216 g/mol. The minimum absolute atomic E-state index is 0.945. The number of aryl methyl sites for hydroxylation is 1. The Morgan fingerprint density at radius 1 is 1.31 bits per heavy atom. The van der Waals surface area contributed by atoms with Gasteiger partial charge in [-0.05, 0) is 30.7 Å². The Hall–Kier alpha value is -1.48. The molecule has 0 atom stereocenters. The minimum Gasteiger partial charge on any atom is -0.497 e. The molecule has 1 aromatic carbocycles. The van der Waals surface area contributed by atoms with Gasteiger partial charge in [0.05, 0.1) is 12.6 Å². The van der Waals surface area contributed by atoms with Gasteiger partial charge < -0.3 is 14.6 Å². The van der Waals surface area contributed by atoms with E-state index < -0.39 is 0 Å². The fourth-order valence-electron chi connectivity index (χ4n) is 2.58. The predicted octanol–water partition coefficient (Wildman–Crippen LogP) is 2.06. The van der Waals surface area contributed by atoms with E-state index in [4.69, 9.17) is 4.74 Å². The number of benzene rings is 1. The molecule has 0 saturated heterocycles. The first kappa shape index (κ1) is 9.73. The second-order valence-corrected chi connectivity index (χ2v) is 4.35. The van der Waals surface area contributed by atoms with E-state index in [2.05, 4.69) is 35.0 Å². The molecule has 3 heteroatoms. The van der Waals surface area contributed by atoms with Crippen LogP contribution in [0.25, 0.3) is 10.9 Å². The zero-order valence-electron chi connectivity index (χ0n) is 9.71. The summed E-state index contributed by atoms with van der Waals surface area (Å²) in [5, 5.41) is 4.69. The van der Waals surface area contributed by atoms with Crippen LogP contribution in [0.5, 0.6) is 5.75 Å². The average Bonchev–Trinajstić information content (AvgIpc) is 2.67. The molecule has 1 aliphatic heterocycles. The molecule has 1 aliphatic rings. The highest BCUT2D eigenvalue weighted by atomic mass is 16.5. The largest absolute Gasteiger partial charge is 0.497 e. The molecule has 3 nitrogen and oxygen atoms in total. The van der Waals surface area contributed by atoms with Gasteiger partial charge in [-0.25, -0.2) is 0 Å². The fraction of sp³-hybridized carbons (Fsp3) is 0.385. The highest BCUT2D eigenvalue weighted by Crippen LogP contribution is 2.28. The van der Waals surface area contributed by atoms with Gasteiger partial charge in [-0.2, -0.15) is 0 Å². The molecule has 0 amide bonds. The Kier molecular flexibility index (Phi) is 2.14. The topological polar surface area (TPSA) is 26.2 Å². The summed E-state index contributed by atoms with van der Waals surface area (Å²) in [5.41, 5.74) is 4.03. The standard InChI is InChI=1S/C13H16N2O/c1-9-5-12(16-2)7-10-6-11-8-14-3-4-15(11)13(9)10/h5-7,14H,3-4,8H2,1-2H3. The maximum absolute atomic E-state index is 5.31. The van der Waals surface area contributed by atoms with Crippen LogP contribution in [0.2, 0.25) is 0 Å². The number of hydrogen-bond acceptors (Lipinski definition) is 2. The lowest BCUT2D eigenvalue weighted by atomic mass is 10.1. The number of aromatic nitrogens is 1. The van der Waals surface area contributed by atoms with Crippen LogP contribution in [0.3, 0.4) is 0 Å². The summed E-state index contributed by atoms with van der Waals surface area (Å²) in [5.74, 6) is 0.945. The number of nitrogens with one attached hydrogen (secondary N) is 1. The molecule has 3 rings (SSSR count). The van der Waals surface area contributed by atoms with Gasteiger partial charge in [0.15, 0.2) is 0 Å². The summed E-state index contributed by atoms with van der Waals surface area (Å²) in [6.07, 6.45) is 0. The highest BCUT2D eigenvalue weighted by molar-refractivity contribution is 5.86. The molecule has 0 aliphatic carbocycles. The molecule has 16 heavy (non-hydrogen) atoms. The van der Waals surface area contributed by atoms with E-state index in [1.807, 2.05) is 0 Å². The van der Waals surface area contributed by atoms with Gasteiger partial charge in [-0.3, -0.25) is 0 Å². The zero-order chi connectivity index (χ0) is 11.1. The van der Waals surface area contributed by atoms with Crippen LogP contribution in [0.1, 0.15) is 11.3 Å². The van der Waals surface area contributed by atoms with E-state index in [-0.39, 0.29) is 0 Å². The van der Waals surface area contributed by atoms with Crippen LogP contribution in [-0.4, -0.2) is 18.2 Å². The Bertz CT molecular complexity index is 542. The van der Waals surface area contributed by atoms with Gasteiger partial charge in [0.2, 0.25) is 0 Å². The summed E-state index contributed by atoms with van der Waals surface area (Å²) in [6.45, 7) is 5.24. The van der Waals surface area contributed by atoms with Crippen LogP contribution in [-0.2, 0) is 13.1 Å². The maximum atomic E-state index is 5.31. The van der Waals surface area contributed by atoms with Crippen molar-refractivity contribution < 1.29 is 4.74 Å². The highest BCUT2D eigenvalue weighted by Gasteiger charge is 2.14. The Morgan fingerprint density at radius 2 is 2.19 bits per heavy atom. The molecular formula is C13H16N2O. The maximum Gasteiger partial charge on any atom is 0.119 e. The van der Waals surface area contributed by atoms with Crippen molar-refractivity contribution in [3.63, 3.8) is 0 Å². The van der Waals surface area contributed by atoms with Gasteiger partial charge in [0.1, 0.15) is 5.75 Å². The first-order valence-corrected chi connectivity index (χ1v) is 5.67. The van der Waals surface area contributed by atoms with Crippen LogP contribution in [0, 0.1) is 6.92 Å². The van der Waals surface area contributed by atoms with Crippen molar-refractivity contribution in [2.45, 2.75) is 20.0 Å². The van der Waals surface area contributed by atoms with Crippen molar-refractivity contribution >= 4 is 10.9 Å². The third-order valence-corrected chi connectivity index (χ3v) is 3.30. The summed E-state index contributed by atoms with van der Waals surface area (Å²) in [4.78, 5) is 0. The predicted molar refractivity (Wildman–Crippen MR) is 64.9 cm³/mol. The van der Waals surface area contributed by atoms with E-state index in [0.29, 0.717) is 0 Å². The molecule has 2 heterocycles. The normalized spacial score (nSPS) is 15.1. The molecule has 2 aromatic rings. The second kappa shape index (κ2) is 3.52. The van der Waals surface area contributed by atoms with Gasteiger partial charge in [0, 0.05) is 30.7 Å². The quantitative estimate of drug-likeness (QED) is 0.789. The number of rotatable bonds is 1. The van der Waals surface area contributed by atoms with Crippen molar-refractivity contribution in [3.05, 3.63) is 29.5 Å². The number of fused-ring (bicyclic) bond motifs is 3. The first-order chi connectivity index (χ1) is 7.79. The third kappa shape index (κ3) is 1.32.